The van der Waals surface area contributed by atoms with Gasteiger partial charge in [-0.05, 0) is 37.3 Å². The van der Waals surface area contributed by atoms with Crippen LogP contribution >= 0.6 is 0 Å². The highest BCUT2D eigenvalue weighted by Gasteiger charge is 2.37. The topological polar surface area (TPSA) is 54.0 Å². The van der Waals surface area contributed by atoms with Gasteiger partial charge in [-0.1, -0.05) is 20.3 Å². The molecule has 2 N–H and O–H groups in total. The maximum absolute atomic E-state index is 12.0. The van der Waals surface area contributed by atoms with Crippen LogP contribution in [0.5, 0.6) is 0 Å². The van der Waals surface area contributed by atoms with Crippen LogP contribution in [-0.4, -0.2) is 23.5 Å². The summed E-state index contributed by atoms with van der Waals surface area (Å²) in [7, 11) is 0. The first-order valence-corrected chi connectivity index (χ1v) is 7.25. The summed E-state index contributed by atoms with van der Waals surface area (Å²) in [5.74, 6) is 0.630. The van der Waals surface area contributed by atoms with Crippen LogP contribution in [0.4, 0.5) is 5.69 Å². The number of aromatic nitrogens is 1. The maximum atomic E-state index is 12.0. The molecule has 104 valence electrons. The van der Waals surface area contributed by atoms with E-state index in [1.165, 1.54) is 12.8 Å². The SMILES string of the molecule is CCCNc1ccc(C(=O)NC2CC2CCC)nc1. The number of nitrogens with one attached hydrogen (secondary N) is 2. The molecule has 1 saturated carbocycles. The molecule has 2 rings (SSSR count). The zero-order valence-corrected chi connectivity index (χ0v) is 11.8. The van der Waals surface area contributed by atoms with E-state index >= 15 is 0 Å². The van der Waals surface area contributed by atoms with Gasteiger partial charge in [0.15, 0.2) is 0 Å². The number of pyridine rings is 1. The summed E-state index contributed by atoms with van der Waals surface area (Å²) >= 11 is 0. The fraction of sp³-hybridized carbons (Fsp3) is 0.600. The van der Waals surface area contributed by atoms with Crippen LogP contribution in [0, 0.1) is 5.92 Å². The molecule has 1 aliphatic carbocycles. The lowest BCUT2D eigenvalue weighted by Crippen LogP contribution is -2.27. The Morgan fingerprint density at radius 2 is 2.21 bits per heavy atom. The molecule has 4 nitrogen and oxygen atoms in total. The minimum absolute atomic E-state index is 0.0503. The Morgan fingerprint density at radius 1 is 1.37 bits per heavy atom. The van der Waals surface area contributed by atoms with E-state index in [0.29, 0.717) is 17.7 Å². The Morgan fingerprint density at radius 3 is 2.84 bits per heavy atom. The van der Waals surface area contributed by atoms with E-state index in [1.807, 2.05) is 6.07 Å². The molecule has 1 aliphatic rings. The van der Waals surface area contributed by atoms with E-state index in [4.69, 9.17) is 0 Å². The van der Waals surface area contributed by atoms with Crippen molar-refractivity contribution in [3.05, 3.63) is 24.0 Å². The van der Waals surface area contributed by atoms with Gasteiger partial charge >= 0.3 is 0 Å². The van der Waals surface area contributed by atoms with Crippen molar-refractivity contribution < 1.29 is 4.79 Å². The minimum atomic E-state index is -0.0503. The van der Waals surface area contributed by atoms with E-state index < -0.39 is 0 Å². The second-order valence-electron chi connectivity index (χ2n) is 5.22. The van der Waals surface area contributed by atoms with Crippen molar-refractivity contribution in [2.75, 3.05) is 11.9 Å². The standard InChI is InChI=1S/C15H23N3O/c1-3-5-11-9-14(11)18-15(19)13-7-6-12(10-17-13)16-8-4-2/h6-7,10-11,14,16H,3-5,8-9H2,1-2H3,(H,18,19). The number of hydrogen-bond acceptors (Lipinski definition) is 3. The zero-order valence-electron chi connectivity index (χ0n) is 11.8. The summed E-state index contributed by atoms with van der Waals surface area (Å²) in [6, 6.07) is 4.06. The van der Waals surface area contributed by atoms with Crippen LogP contribution in [0.3, 0.4) is 0 Å². The number of anilines is 1. The monoisotopic (exact) mass is 261 g/mol. The van der Waals surface area contributed by atoms with Crippen molar-refractivity contribution in [1.82, 2.24) is 10.3 Å². The Kier molecular flexibility index (Phi) is 4.77. The lowest BCUT2D eigenvalue weighted by molar-refractivity contribution is 0.0944. The van der Waals surface area contributed by atoms with Crippen LogP contribution in [0.2, 0.25) is 0 Å². The smallest absolute Gasteiger partial charge is 0.270 e. The molecule has 1 aromatic heterocycles. The average Bonchev–Trinajstić information content (AvgIpc) is 3.15. The molecular weight excluding hydrogens is 238 g/mol. The van der Waals surface area contributed by atoms with E-state index in [9.17, 15) is 4.79 Å². The summed E-state index contributed by atoms with van der Waals surface area (Å²) in [6.07, 6.45) is 6.31. The molecule has 0 saturated heterocycles. The molecule has 2 atom stereocenters. The maximum Gasteiger partial charge on any atom is 0.270 e. The van der Waals surface area contributed by atoms with E-state index in [1.54, 1.807) is 12.3 Å². The van der Waals surface area contributed by atoms with Gasteiger partial charge in [-0.2, -0.15) is 0 Å². The molecule has 1 amide bonds. The summed E-state index contributed by atoms with van der Waals surface area (Å²) in [4.78, 5) is 16.2. The van der Waals surface area contributed by atoms with Gasteiger partial charge < -0.3 is 10.6 Å². The molecule has 0 radical (unpaired) electrons. The van der Waals surface area contributed by atoms with Crippen LogP contribution in [0.15, 0.2) is 18.3 Å². The number of nitrogens with zero attached hydrogens (tertiary/aromatic N) is 1. The lowest BCUT2D eigenvalue weighted by atomic mass is 10.2. The number of hydrogen-bond donors (Lipinski definition) is 2. The van der Waals surface area contributed by atoms with Gasteiger partial charge in [0.25, 0.3) is 5.91 Å². The predicted molar refractivity (Wildman–Crippen MR) is 77.3 cm³/mol. The largest absolute Gasteiger partial charge is 0.384 e. The van der Waals surface area contributed by atoms with E-state index in [0.717, 1.165) is 25.1 Å². The molecule has 0 bridgehead atoms. The highest BCUT2D eigenvalue weighted by molar-refractivity contribution is 5.92. The average molecular weight is 261 g/mol. The van der Waals surface area contributed by atoms with Crippen LogP contribution < -0.4 is 10.6 Å². The quantitative estimate of drug-likeness (QED) is 0.793. The van der Waals surface area contributed by atoms with Gasteiger partial charge in [-0.15, -0.1) is 0 Å². The summed E-state index contributed by atoms with van der Waals surface area (Å²) in [6.45, 7) is 5.22. The van der Waals surface area contributed by atoms with Gasteiger partial charge in [0.05, 0.1) is 11.9 Å². The Hall–Kier alpha value is -1.58. The molecule has 0 spiro atoms. The molecular formula is C15H23N3O. The van der Waals surface area contributed by atoms with Gasteiger partial charge in [-0.3, -0.25) is 4.79 Å². The van der Waals surface area contributed by atoms with Crippen molar-refractivity contribution in [3.63, 3.8) is 0 Å². The highest BCUT2D eigenvalue weighted by atomic mass is 16.2. The number of carbonyl (C=O) groups excluding carboxylic acids is 1. The van der Waals surface area contributed by atoms with Crippen LogP contribution in [-0.2, 0) is 0 Å². The predicted octanol–water partition coefficient (Wildman–Crippen LogP) is 2.82. The normalized spacial score (nSPS) is 20.9. The molecule has 1 fully saturated rings. The van der Waals surface area contributed by atoms with E-state index in [2.05, 4.69) is 29.5 Å². The van der Waals surface area contributed by atoms with Crippen molar-refractivity contribution in [1.29, 1.82) is 0 Å². The third kappa shape index (κ3) is 3.94. The van der Waals surface area contributed by atoms with Gasteiger partial charge in [-0.25, -0.2) is 4.98 Å². The third-order valence-corrected chi connectivity index (χ3v) is 3.47. The Balaban J connectivity index is 1.82. The molecule has 2 unspecified atom stereocenters. The summed E-state index contributed by atoms with van der Waals surface area (Å²) in [5.41, 5.74) is 1.47. The molecule has 0 aliphatic heterocycles. The Bertz CT molecular complexity index is 416. The first-order chi connectivity index (χ1) is 9.24. The van der Waals surface area contributed by atoms with Gasteiger partial charge in [0.1, 0.15) is 5.69 Å². The minimum Gasteiger partial charge on any atom is -0.384 e. The second-order valence-corrected chi connectivity index (χ2v) is 5.22. The van der Waals surface area contributed by atoms with Crippen molar-refractivity contribution in [2.24, 2.45) is 5.92 Å². The Labute approximate surface area is 115 Å². The fourth-order valence-corrected chi connectivity index (χ4v) is 2.26. The van der Waals surface area contributed by atoms with Crippen molar-refractivity contribution in [3.8, 4) is 0 Å². The van der Waals surface area contributed by atoms with Crippen molar-refractivity contribution >= 4 is 11.6 Å². The zero-order chi connectivity index (χ0) is 13.7. The second kappa shape index (κ2) is 6.55. The summed E-state index contributed by atoms with van der Waals surface area (Å²) in [5, 5.41) is 6.29. The molecule has 4 heteroatoms. The van der Waals surface area contributed by atoms with Gasteiger partial charge in [0, 0.05) is 12.6 Å². The molecule has 19 heavy (non-hydrogen) atoms. The highest BCUT2D eigenvalue weighted by Crippen LogP contribution is 2.34. The number of amides is 1. The van der Waals surface area contributed by atoms with Crippen molar-refractivity contribution in [2.45, 2.75) is 45.6 Å². The first kappa shape index (κ1) is 13.8. The van der Waals surface area contributed by atoms with E-state index in [-0.39, 0.29) is 5.91 Å². The molecule has 0 aromatic carbocycles. The molecule has 1 heterocycles. The fourth-order valence-electron chi connectivity index (χ4n) is 2.26. The summed E-state index contributed by atoms with van der Waals surface area (Å²) < 4.78 is 0. The van der Waals surface area contributed by atoms with Crippen LogP contribution in [0.25, 0.3) is 0 Å². The van der Waals surface area contributed by atoms with Gasteiger partial charge in [0.2, 0.25) is 0 Å². The number of carbonyl (C=O) groups is 1. The van der Waals surface area contributed by atoms with Crippen LogP contribution in [0.1, 0.15) is 50.0 Å². The third-order valence-electron chi connectivity index (χ3n) is 3.47. The lowest BCUT2D eigenvalue weighted by Gasteiger charge is -2.06. The first-order valence-electron chi connectivity index (χ1n) is 7.25. The molecule has 1 aromatic rings. The number of rotatable bonds is 7.